The van der Waals surface area contributed by atoms with Gasteiger partial charge in [0.25, 0.3) is 0 Å². The van der Waals surface area contributed by atoms with Gasteiger partial charge in [0, 0.05) is 83.9 Å². The highest BCUT2D eigenvalue weighted by Crippen LogP contribution is 2.54. The highest BCUT2D eigenvalue weighted by atomic mass is 15.2. The van der Waals surface area contributed by atoms with Gasteiger partial charge >= 0.3 is 13.7 Å². The zero-order valence-corrected chi connectivity index (χ0v) is 58.3. The van der Waals surface area contributed by atoms with E-state index in [9.17, 15) is 19.2 Å². The molecule has 504 valence electrons. The zero-order chi connectivity index (χ0) is 83.5. The minimum Gasteiger partial charge on any atom is -0.444 e. The lowest BCUT2D eigenvalue weighted by atomic mass is 9.32. The summed E-state index contributed by atoms with van der Waals surface area (Å²) in [4.78, 5) is 4.43. The summed E-state index contributed by atoms with van der Waals surface area (Å²) >= 11 is 0. The molecule has 19 aromatic rings. The van der Waals surface area contributed by atoms with Gasteiger partial charge in [-0.2, -0.15) is 0 Å². The summed E-state index contributed by atoms with van der Waals surface area (Å²) in [5.41, 5.74) is 21.9. The molecule has 7 heteroatoms. The predicted octanol–water partition coefficient (Wildman–Crippen LogP) is 23.8. The first-order chi connectivity index (χ1) is 59.9. The van der Waals surface area contributed by atoms with Crippen molar-refractivity contribution in [3.05, 3.63) is 394 Å². The van der Waals surface area contributed by atoms with E-state index in [2.05, 4.69) is 197 Å². The fourth-order valence-corrected chi connectivity index (χ4v) is 17.9. The third-order valence-electron chi connectivity index (χ3n) is 22.5. The lowest BCUT2D eigenvalue weighted by molar-refractivity contribution is 1.17. The van der Waals surface area contributed by atoms with Crippen molar-refractivity contribution < 1.29 is 19.2 Å². The van der Waals surface area contributed by atoms with E-state index < -0.39 is 86.2 Å². The van der Waals surface area contributed by atoms with Crippen molar-refractivity contribution in [3.63, 3.8) is 0 Å². The van der Waals surface area contributed by atoms with Gasteiger partial charge in [-0.3, -0.25) is 0 Å². The third kappa shape index (κ3) is 9.43. The fraction of sp³-hybridized carbons (Fsp3) is 0. The summed E-state index contributed by atoms with van der Waals surface area (Å²) < 4.78 is 146. The Balaban J connectivity index is 0.883. The molecule has 0 radical (unpaired) electrons. The average molecular weight is 1400 g/mol. The van der Waals surface area contributed by atoms with Crippen molar-refractivity contribution in [2.24, 2.45) is 0 Å². The van der Waals surface area contributed by atoms with Crippen molar-refractivity contribution in [1.82, 2.24) is 9.13 Å². The molecule has 109 heavy (non-hydrogen) atoms. The topological polar surface area (TPSA) is 19.6 Å². The maximum absolute atomic E-state index is 10.8. The van der Waals surface area contributed by atoms with E-state index in [0.717, 1.165) is 89.5 Å². The number of para-hydroxylation sites is 5. The average Bonchev–Trinajstić information content (AvgIpc) is 1.69. The summed E-state index contributed by atoms with van der Waals surface area (Å²) in [5.74, 6) is 0. The summed E-state index contributed by atoms with van der Waals surface area (Å²) in [7, 11) is 0. The Morgan fingerprint density at radius 1 is 0.239 bits per heavy atom. The minimum atomic E-state index is -1.22. The summed E-state index contributed by atoms with van der Waals surface area (Å²) in [6.45, 7) is -2.44. The Bertz CT molecular complexity index is 7230. The number of anilines is 7. The van der Waals surface area contributed by atoms with Crippen molar-refractivity contribution >= 4 is 119 Å². The normalized spacial score (nSPS) is 14.3. The van der Waals surface area contributed by atoms with Crippen LogP contribution in [0.3, 0.4) is 0 Å². The second-order valence-corrected chi connectivity index (χ2v) is 28.4. The molecule has 0 fully saturated rings. The van der Waals surface area contributed by atoms with Crippen LogP contribution >= 0.6 is 0 Å². The molecule has 5 nitrogen and oxygen atoms in total. The van der Waals surface area contributed by atoms with Gasteiger partial charge in [-0.05, 0) is 197 Å². The minimum absolute atomic E-state index is 0.00595. The maximum Gasteiger partial charge on any atom is 0.316 e. The monoisotopic (exact) mass is 1400 g/mol. The van der Waals surface area contributed by atoms with E-state index in [-0.39, 0.29) is 66.6 Å². The Morgan fingerprint density at radius 2 is 0.550 bits per heavy atom. The smallest absolute Gasteiger partial charge is 0.316 e. The molecule has 0 unspecified atom stereocenters. The van der Waals surface area contributed by atoms with Crippen LogP contribution in [-0.2, 0) is 0 Å². The van der Waals surface area contributed by atoms with Crippen LogP contribution in [0.4, 0.5) is 39.8 Å². The lowest BCUT2D eigenvalue weighted by Gasteiger charge is -2.50. The Kier molecular flexibility index (Phi) is 10.8. The van der Waals surface area contributed by atoms with Crippen LogP contribution in [0.15, 0.2) is 394 Å². The summed E-state index contributed by atoms with van der Waals surface area (Å²) in [5, 5.41) is 0.0625. The fourth-order valence-electron chi connectivity index (χ4n) is 17.9. The van der Waals surface area contributed by atoms with Crippen LogP contribution in [-0.4, -0.2) is 22.8 Å². The quantitative estimate of drug-likeness (QED) is 0.114. The van der Waals surface area contributed by atoms with Crippen LogP contribution < -0.4 is 36.4 Å². The Labute approximate surface area is 652 Å². The molecule has 4 aliphatic heterocycles. The highest BCUT2D eigenvalue weighted by Gasteiger charge is 2.53. The Hall–Kier alpha value is -14.1. The van der Waals surface area contributed by atoms with Crippen LogP contribution in [0.1, 0.15) is 19.2 Å². The van der Waals surface area contributed by atoms with Crippen LogP contribution in [0, 0.1) is 0 Å². The van der Waals surface area contributed by atoms with E-state index in [1.54, 1.807) is 9.13 Å². The summed E-state index contributed by atoms with van der Waals surface area (Å²) in [6, 6.07) is 99.4. The first kappa shape index (κ1) is 48.8. The van der Waals surface area contributed by atoms with E-state index in [0.29, 0.717) is 61.6 Å². The van der Waals surface area contributed by atoms with Gasteiger partial charge < -0.3 is 23.7 Å². The number of hydrogen-bond donors (Lipinski definition) is 0. The number of hydrogen-bond acceptors (Lipinski definition) is 3. The summed E-state index contributed by atoms with van der Waals surface area (Å²) in [6.07, 6.45) is 0. The van der Waals surface area contributed by atoms with Gasteiger partial charge in [0.2, 0.25) is 0 Å². The van der Waals surface area contributed by atoms with E-state index in [1.165, 1.54) is 0 Å². The molecule has 0 saturated carbocycles. The van der Waals surface area contributed by atoms with Crippen molar-refractivity contribution in [2.75, 3.05) is 14.5 Å². The Morgan fingerprint density at radius 3 is 0.908 bits per heavy atom. The van der Waals surface area contributed by atoms with Gasteiger partial charge in [0.15, 0.2) is 0 Å². The third-order valence-corrected chi connectivity index (χ3v) is 22.5. The number of fused-ring (bicyclic) bond motifs is 14. The number of nitrogens with zero attached hydrogens (tertiary/aromatic N) is 5. The SMILES string of the molecule is [2H]c1c([2H])c([2H])c2c(c1[2H])c1c([2H])c([2H])c([2H])c3c1n2-c1cc(N(c2ccc(-c4ccccc4)cc2)c2cc(-c4ccccc4)cc(-c4ccccc4)c2)cc2c1B3N1B3c4c(cc(N(c5ccc(-c6ccccc6)cc5)c5cc(-c6ccccc6)cc(-c6ccccc6)c5)cc4-n4c5c([2H])c([2H])c([2H])c([2H])c5c5c([2H])c([2H])c([2H])c3c54)-c3cccc-2c31. The molecule has 0 N–H and O–H groups in total. The van der Waals surface area contributed by atoms with Gasteiger partial charge in [0.1, 0.15) is 0 Å². The molecule has 0 aliphatic carbocycles. The van der Waals surface area contributed by atoms with E-state index in [1.807, 2.05) is 127 Å². The van der Waals surface area contributed by atoms with Gasteiger partial charge in [-0.15, -0.1) is 0 Å². The van der Waals surface area contributed by atoms with Crippen molar-refractivity contribution in [1.29, 1.82) is 0 Å². The molecule has 0 saturated heterocycles. The molecular formula is C102H65B2N5. The number of benzene rings is 17. The molecule has 0 atom stereocenters. The molecular weight excluding hydrogens is 1320 g/mol. The predicted molar refractivity (Wildman–Crippen MR) is 460 cm³/mol. The first-order valence-corrected chi connectivity index (χ1v) is 36.7. The van der Waals surface area contributed by atoms with E-state index >= 15 is 0 Å². The number of rotatable bonds is 12. The standard InChI is InChI=1S/C102H65B2N5/c1-7-26-66(27-8-1)72-48-52-78(53-49-72)105(80-58-74(68-30-11-3-12-31-68)56-75(59-80)69-32-13-4-14-33-69)82-62-90-88-40-23-41-89-91-63-83(106(79-54-50-73(51-55-79)67-28-9-2-10-29-67)81-60-76(70-34-15-5-16-35-70)57-77(61-81)71-36-17-6-18-37-71)65-97-99(91)104(93-45-25-43-87-85-39-20-22-47-95(85)108(97)102(87)93)109(100(88)89)103-92-44-24-42-86-84-38-19-21-46-94(84)107(101(86)92)96(64-82)98(90)103/h1-65H/i19D,20D,21D,22D,24D,25D,38D,39D,42D,43D,44D,45D,46D,47D. The molecule has 0 spiro atoms. The van der Waals surface area contributed by atoms with Crippen molar-refractivity contribution in [2.45, 2.75) is 0 Å². The molecule has 2 aromatic heterocycles. The van der Waals surface area contributed by atoms with Crippen LogP contribution in [0.5, 0.6) is 0 Å². The van der Waals surface area contributed by atoms with Gasteiger partial charge in [-0.1, -0.05) is 297 Å². The lowest BCUT2D eigenvalue weighted by Crippen LogP contribution is -2.74. The molecule has 0 amide bonds. The maximum atomic E-state index is 10.8. The molecule has 6 heterocycles. The second-order valence-electron chi connectivity index (χ2n) is 28.4. The second kappa shape index (κ2) is 24.2. The molecule has 17 aromatic carbocycles. The van der Waals surface area contributed by atoms with Crippen LogP contribution in [0.2, 0.25) is 0 Å². The largest absolute Gasteiger partial charge is 0.444 e. The first-order valence-electron chi connectivity index (χ1n) is 43.7. The van der Waals surface area contributed by atoms with Crippen LogP contribution in [0.25, 0.3) is 144 Å². The zero-order valence-electron chi connectivity index (χ0n) is 72.3. The number of aromatic nitrogens is 2. The van der Waals surface area contributed by atoms with Gasteiger partial charge in [-0.25, -0.2) is 0 Å². The molecule has 4 aliphatic rings. The van der Waals surface area contributed by atoms with Gasteiger partial charge in [0.05, 0.1) is 41.3 Å². The van der Waals surface area contributed by atoms with Crippen molar-refractivity contribution in [3.8, 4) is 100 Å². The molecule has 0 bridgehead atoms. The van der Waals surface area contributed by atoms with E-state index in [4.69, 9.17) is 0 Å². The molecule has 23 rings (SSSR count). The highest BCUT2D eigenvalue weighted by molar-refractivity contribution is 7.09.